The zero-order chi connectivity index (χ0) is 19.5. The van der Waals surface area contributed by atoms with E-state index in [-0.39, 0.29) is 11.5 Å². The predicted molar refractivity (Wildman–Crippen MR) is 108 cm³/mol. The lowest BCUT2D eigenvalue weighted by atomic mass is 10.0. The molecule has 1 aromatic carbocycles. The van der Waals surface area contributed by atoms with E-state index in [2.05, 4.69) is 40.0 Å². The topological polar surface area (TPSA) is 71.1 Å². The van der Waals surface area contributed by atoms with Crippen molar-refractivity contribution in [2.24, 2.45) is 0 Å². The van der Waals surface area contributed by atoms with Crippen LogP contribution in [0.3, 0.4) is 0 Å². The number of likely N-dealkylation sites (tertiary alicyclic amines) is 1. The molecule has 0 amide bonds. The minimum absolute atomic E-state index is 0.115. The Balaban J connectivity index is 1.53. The lowest BCUT2D eigenvalue weighted by Crippen LogP contribution is -2.21. The van der Waals surface area contributed by atoms with Gasteiger partial charge in [-0.2, -0.15) is 0 Å². The Hall–Kier alpha value is -2.99. The molecule has 0 bridgehead atoms. The van der Waals surface area contributed by atoms with Crippen LogP contribution in [0.2, 0.25) is 0 Å². The molecular weight excluding hydrogens is 352 g/mol. The Morgan fingerprint density at radius 2 is 2.07 bits per heavy atom. The fraction of sp³-hybridized carbons (Fsp3) is 0.318. The normalized spacial score (nSPS) is 17.0. The van der Waals surface area contributed by atoms with E-state index < -0.39 is 0 Å². The number of para-hydroxylation sites is 1. The van der Waals surface area contributed by atoms with Crippen molar-refractivity contribution >= 4 is 0 Å². The second-order valence-electron chi connectivity index (χ2n) is 7.24. The standard InChI is InChI=1S/C22H24N4O2/c1-15-4-3-5-18(21(15)28-2)14-26-11-8-17(13-26)19-12-20(27)25-22(24-19)16-6-9-23-10-7-16/h3-7,9-10,12,17H,8,11,13-14H2,1-2H3,(H,24,25,27). The first-order chi connectivity index (χ1) is 13.6. The van der Waals surface area contributed by atoms with E-state index in [0.717, 1.165) is 48.6 Å². The molecule has 3 aromatic rings. The van der Waals surface area contributed by atoms with Gasteiger partial charge in [-0.15, -0.1) is 0 Å². The van der Waals surface area contributed by atoms with E-state index in [1.807, 2.05) is 12.1 Å². The molecular formula is C22H24N4O2. The van der Waals surface area contributed by atoms with E-state index in [9.17, 15) is 4.79 Å². The highest BCUT2D eigenvalue weighted by molar-refractivity contribution is 5.53. The summed E-state index contributed by atoms with van der Waals surface area (Å²) in [5.41, 5.74) is 3.95. The van der Waals surface area contributed by atoms with Crippen LogP contribution in [0.5, 0.6) is 5.75 Å². The molecule has 0 radical (unpaired) electrons. The lowest BCUT2D eigenvalue weighted by molar-refractivity contribution is 0.316. The Kier molecular flexibility index (Phi) is 5.21. The van der Waals surface area contributed by atoms with Crippen molar-refractivity contribution in [3.63, 3.8) is 0 Å². The number of H-pyrrole nitrogens is 1. The maximum absolute atomic E-state index is 12.2. The van der Waals surface area contributed by atoms with E-state index >= 15 is 0 Å². The van der Waals surface area contributed by atoms with Gasteiger partial charge in [-0.25, -0.2) is 4.98 Å². The number of methoxy groups -OCH3 is 1. The van der Waals surface area contributed by atoms with Crippen LogP contribution < -0.4 is 10.3 Å². The number of hydrogen-bond donors (Lipinski definition) is 1. The van der Waals surface area contributed by atoms with Crippen LogP contribution in [-0.4, -0.2) is 40.1 Å². The van der Waals surface area contributed by atoms with Crippen LogP contribution in [0.25, 0.3) is 11.4 Å². The number of pyridine rings is 1. The average molecular weight is 376 g/mol. The van der Waals surface area contributed by atoms with Gasteiger partial charge in [0.05, 0.1) is 12.8 Å². The van der Waals surface area contributed by atoms with Gasteiger partial charge in [0.2, 0.25) is 0 Å². The van der Waals surface area contributed by atoms with Crippen molar-refractivity contribution in [1.29, 1.82) is 0 Å². The SMILES string of the molecule is COc1c(C)cccc1CN1CCC(c2cc(=O)[nH]c(-c3ccncc3)n2)C1. The average Bonchev–Trinajstić information content (AvgIpc) is 3.17. The summed E-state index contributed by atoms with van der Waals surface area (Å²) in [6.07, 6.45) is 4.39. The molecule has 1 saturated heterocycles. The largest absolute Gasteiger partial charge is 0.496 e. The molecule has 1 unspecified atom stereocenters. The van der Waals surface area contributed by atoms with Gasteiger partial charge in [0.25, 0.3) is 5.56 Å². The van der Waals surface area contributed by atoms with Gasteiger partial charge in [-0.05, 0) is 37.6 Å². The summed E-state index contributed by atoms with van der Waals surface area (Å²) >= 11 is 0. The van der Waals surface area contributed by atoms with E-state index in [1.165, 1.54) is 5.56 Å². The first-order valence-electron chi connectivity index (χ1n) is 9.50. The molecule has 2 aromatic heterocycles. The van der Waals surface area contributed by atoms with E-state index in [4.69, 9.17) is 9.72 Å². The highest BCUT2D eigenvalue weighted by Gasteiger charge is 2.26. The number of nitrogens with one attached hydrogen (secondary N) is 1. The summed E-state index contributed by atoms with van der Waals surface area (Å²) in [7, 11) is 1.72. The minimum Gasteiger partial charge on any atom is -0.496 e. The molecule has 144 valence electrons. The summed E-state index contributed by atoms with van der Waals surface area (Å²) in [6, 6.07) is 11.6. The predicted octanol–water partition coefficient (Wildman–Crippen LogP) is 3.14. The van der Waals surface area contributed by atoms with Crippen LogP contribution in [0.15, 0.2) is 53.6 Å². The summed E-state index contributed by atoms with van der Waals surface area (Å²) < 4.78 is 5.59. The van der Waals surface area contributed by atoms with Crippen molar-refractivity contribution in [3.05, 3.63) is 76.0 Å². The van der Waals surface area contributed by atoms with Gasteiger partial charge in [-0.1, -0.05) is 18.2 Å². The third kappa shape index (κ3) is 3.82. The molecule has 1 atom stereocenters. The van der Waals surface area contributed by atoms with Gasteiger partial charge in [0.15, 0.2) is 0 Å². The van der Waals surface area contributed by atoms with Crippen LogP contribution in [0.4, 0.5) is 0 Å². The molecule has 1 fully saturated rings. The third-order valence-electron chi connectivity index (χ3n) is 5.30. The zero-order valence-corrected chi connectivity index (χ0v) is 16.2. The van der Waals surface area contributed by atoms with Gasteiger partial charge in [-0.3, -0.25) is 14.7 Å². The first kappa shape index (κ1) is 18.4. The maximum Gasteiger partial charge on any atom is 0.251 e. The molecule has 28 heavy (non-hydrogen) atoms. The van der Waals surface area contributed by atoms with Crippen LogP contribution in [-0.2, 0) is 6.54 Å². The monoisotopic (exact) mass is 376 g/mol. The van der Waals surface area contributed by atoms with Gasteiger partial charge < -0.3 is 9.72 Å². The smallest absolute Gasteiger partial charge is 0.251 e. The molecule has 6 nitrogen and oxygen atoms in total. The van der Waals surface area contributed by atoms with Crippen molar-refractivity contribution in [3.8, 4) is 17.1 Å². The lowest BCUT2D eigenvalue weighted by Gasteiger charge is -2.19. The van der Waals surface area contributed by atoms with Crippen LogP contribution >= 0.6 is 0 Å². The van der Waals surface area contributed by atoms with Crippen LogP contribution in [0.1, 0.15) is 29.2 Å². The fourth-order valence-electron chi connectivity index (χ4n) is 3.92. The highest BCUT2D eigenvalue weighted by atomic mass is 16.5. The molecule has 6 heteroatoms. The fourth-order valence-corrected chi connectivity index (χ4v) is 3.92. The molecule has 3 heterocycles. The maximum atomic E-state index is 12.2. The molecule has 1 aliphatic rings. The molecule has 0 saturated carbocycles. The Bertz CT molecular complexity index is 1020. The Morgan fingerprint density at radius 3 is 2.86 bits per heavy atom. The highest BCUT2D eigenvalue weighted by Crippen LogP contribution is 2.30. The third-order valence-corrected chi connectivity index (χ3v) is 5.30. The van der Waals surface area contributed by atoms with Crippen molar-refractivity contribution in [1.82, 2.24) is 19.9 Å². The van der Waals surface area contributed by atoms with Gasteiger partial charge in [0.1, 0.15) is 11.6 Å². The summed E-state index contributed by atoms with van der Waals surface area (Å²) in [6.45, 7) is 4.75. The number of hydrogen-bond acceptors (Lipinski definition) is 5. The van der Waals surface area contributed by atoms with Gasteiger partial charge >= 0.3 is 0 Å². The van der Waals surface area contributed by atoms with Crippen molar-refractivity contribution in [2.75, 3.05) is 20.2 Å². The molecule has 1 aliphatic heterocycles. The number of rotatable bonds is 5. The number of ether oxygens (including phenoxy) is 1. The number of aromatic amines is 1. The summed E-state index contributed by atoms with van der Waals surface area (Å²) in [5, 5.41) is 0. The zero-order valence-electron chi connectivity index (χ0n) is 16.2. The molecule has 1 N–H and O–H groups in total. The summed E-state index contributed by atoms with van der Waals surface area (Å²) in [5.74, 6) is 1.81. The van der Waals surface area contributed by atoms with E-state index in [0.29, 0.717) is 5.82 Å². The minimum atomic E-state index is -0.115. The van der Waals surface area contributed by atoms with E-state index in [1.54, 1.807) is 25.6 Å². The molecule has 0 aliphatic carbocycles. The Morgan fingerprint density at radius 1 is 1.25 bits per heavy atom. The number of aromatic nitrogens is 3. The number of benzene rings is 1. The second-order valence-corrected chi connectivity index (χ2v) is 7.24. The van der Waals surface area contributed by atoms with Gasteiger partial charge in [0, 0.05) is 48.6 Å². The van der Waals surface area contributed by atoms with Crippen LogP contribution in [0, 0.1) is 6.92 Å². The van der Waals surface area contributed by atoms with Crippen molar-refractivity contribution < 1.29 is 4.74 Å². The molecule has 0 spiro atoms. The quantitative estimate of drug-likeness (QED) is 0.741. The second kappa shape index (κ2) is 7.94. The molecule has 4 rings (SSSR count). The Labute approximate surface area is 164 Å². The first-order valence-corrected chi connectivity index (χ1v) is 9.50. The number of nitrogens with zero attached hydrogens (tertiary/aromatic N) is 3. The summed E-state index contributed by atoms with van der Waals surface area (Å²) in [4.78, 5) is 26.2. The number of aryl methyl sites for hydroxylation is 1. The van der Waals surface area contributed by atoms with Crippen molar-refractivity contribution in [2.45, 2.75) is 25.8 Å².